The molecule has 0 aromatic heterocycles. The van der Waals surface area contributed by atoms with Gasteiger partial charge in [0.25, 0.3) is 5.69 Å². The van der Waals surface area contributed by atoms with Crippen molar-refractivity contribution in [1.29, 1.82) is 0 Å². The Labute approximate surface area is 127 Å². The van der Waals surface area contributed by atoms with Gasteiger partial charge >= 0.3 is 0 Å². The van der Waals surface area contributed by atoms with Crippen LogP contribution in [0, 0.1) is 15.5 Å². The summed E-state index contributed by atoms with van der Waals surface area (Å²) >= 11 is 3.36. The number of hydrogen-bond donors (Lipinski definition) is 2. The molecule has 0 amide bonds. The highest BCUT2D eigenvalue weighted by molar-refractivity contribution is 9.10. The summed E-state index contributed by atoms with van der Waals surface area (Å²) in [5.41, 5.74) is 1.20. The van der Waals surface area contributed by atoms with Crippen LogP contribution in [0.5, 0.6) is 0 Å². The van der Waals surface area contributed by atoms with Gasteiger partial charge in [0.15, 0.2) is 0 Å². The Balaban J connectivity index is 2.52. The van der Waals surface area contributed by atoms with E-state index in [0.717, 1.165) is 29.4 Å². The lowest BCUT2D eigenvalue weighted by molar-refractivity contribution is -0.384. The lowest BCUT2D eigenvalue weighted by Gasteiger charge is -2.24. The van der Waals surface area contributed by atoms with E-state index in [4.69, 9.17) is 5.11 Å². The molecule has 20 heavy (non-hydrogen) atoms. The van der Waals surface area contributed by atoms with Gasteiger partial charge in [0.05, 0.1) is 4.92 Å². The zero-order valence-corrected chi connectivity index (χ0v) is 13.4. The average Bonchev–Trinajstić information content (AvgIpc) is 2.38. The van der Waals surface area contributed by atoms with Crippen molar-refractivity contribution in [3.05, 3.63) is 38.3 Å². The molecule has 1 rings (SSSR count). The SMILES string of the molecule is CC(C)(CCCO)CNCc1ccc([N+](=O)[O-])cc1Br. The van der Waals surface area contributed by atoms with Crippen LogP contribution in [-0.2, 0) is 6.54 Å². The Morgan fingerprint density at radius 1 is 1.45 bits per heavy atom. The minimum Gasteiger partial charge on any atom is -0.396 e. The number of benzene rings is 1. The van der Waals surface area contributed by atoms with Crippen LogP contribution in [0.4, 0.5) is 5.69 Å². The first kappa shape index (κ1) is 17.1. The summed E-state index contributed by atoms with van der Waals surface area (Å²) in [6.45, 7) is 6.01. The molecule has 6 heteroatoms. The van der Waals surface area contributed by atoms with Gasteiger partial charge in [-0.05, 0) is 29.9 Å². The quantitative estimate of drug-likeness (QED) is 0.560. The molecule has 0 bridgehead atoms. The Hall–Kier alpha value is -0.980. The maximum atomic E-state index is 10.7. The number of nitrogens with one attached hydrogen (secondary N) is 1. The molecule has 0 atom stereocenters. The average molecular weight is 345 g/mol. The van der Waals surface area contributed by atoms with Crippen LogP contribution >= 0.6 is 15.9 Å². The van der Waals surface area contributed by atoms with E-state index in [1.807, 2.05) is 0 Å². The third kappa shape index (κ3) is 5.56. The fourth-order valence-corrected chi connectivity index (χ4v) is 2.48. The molecule has 112 valence electrons. The number of hydrogen-bond acceptors (Lipinski definition) is 4. The number of nitro groups is 1. The van der Waals surface area contributed by atoms with Crippen molar-refractivity contribution >= 4 is 21.6 Å². The van der Waals surface area contributed by atoms with Gasteiger partial charge in [-0.15, -0.1) is 0 Å². The van der Waals surface area contributed by atoms with Crippen molar-refractivity contribution in [1.82, 2.24) is 5.32 Å². The number of aliphatic hydroxyl groups is 1. The molecule has 1 aromatic rings. The lowest BCUT2D eigenvalue weighted by Crippen LogP contribution is -2.29. The Morgan fingerprint density at radius 2 is 2.15 bits per heavy atom. The molecule has 2 N–H and O–H groups in total. The Kier molecular flexibility index (Phi) is 6.58. The number of nitro benzene ring substituents is 1. The number of rotatable bonds is 8. The van der Waals surface area contributed by atoms with E-state index in [2.05, 4.69) is 35.1 Å². The molecule has 0 aliphatic heterocycles. The van der Waals surface area contributed by atoms with E-state index in [1.165, 1.54) is 12.1 Å². The first-order chi connectivity index (χ1) is 9.35. The van der Waals surface area contributed by atoms with Crippen LogP contribution in [-0.4, -0.2) is 23.2 Å². The fourth-order valence-electron chi connectivity index (χ4n) is 1.97. The molecule has 0 saturated heterocycles. The minimum absolute atomic E-state index is 0.0869. The van der Waals surface area contributed by atoms with E-state index < -0.39 is 4.92 Å². The van der Waals surface area contributed by atoms with Crippen molar-refractivity contribution in [2.24, 2.45) is 5.41 Å². The molecule has 1 aromatic carbocycles. The summed E-state index contributed by atoms with van der Waals surface area (Å²) in [6.07, 6.45) is 1.76. The molecule has 0 heterocycles. The maximum Gasteiger partial charge on any atom is 0.270 e. The normalized spacial score (nSPS) is 11.6. The predicted molar refractivity (Wildman–Crippen MR) is 82.6 cm³/mol. The van der Waals surface area contributed by atoms with E-state index in [0.29, 0.717) is 6.54 Å². The fraction of sp³-hybridized carbons (Fsp3) is 0.571. The maximum absolute atomic E-state index is 10.7. The van der Waals surface area contributed by atoms with Crippen LogP contribution in [0.25, 0.3) is 0 Å². The number of non-ortho nitro benzene ring substituents is 1. The molecular weight excluding hydrogens is 324 g/mol. The van der Waals surface area contributed by atoms with Crippen LogP contribution < -0.4 is 5.32 Å². The molecule has 5 nitrogen and oxygen atoms in total. The van der Waals surface area contributed by atoms with Crippen molar-refractivity contribution in [3.8, 4) is 0 Å². The van der Waals surface area contributed by atoms with Crippen LogP contribution in [0.3, 0.4) is 0 Å². The minimum atomic E-state index is -0.403. The van der Waals surface area contributed by atoms with Crippen molar-refractivity contribution in [2.75, 3.05) is 13.2 Å². The highest BCUT2D eigenvalue weighted by atomic mass is 79.9. The molecule has 0 fully saturated rings. The molecule has 0 radical (unpaired) electrons. The standard InChI is InChI=1S/C14H21BrN2O3/c1-14(2,6-3-7-18)10-16-9-11-4-5-12(17(19)20)8-13(11)15/h4-5,8,16,18H,3,6-7,9-10H2,1-2H3. The Bertz CT molecular complexity index is 464. The molecule has 0 spiro atoms. The van der Waals surface area contributed by atoms with E-state index in [1.54, 1.807) is 6.07 Å². The van der Waals surface area contributed by atoms with Crippen molar-refractivity contribution in [3.63, 3.8) is 0 Å². The van der Waals surface area contributed by atoms with Gasteiger partial charge < -0.3 is 10.4 Å². The zero-order valence-electron chi connectivity index (χ0n) is 11.9. The van der Waals surface area contributed by atoms with Crippen LogP contribution in [0.15, 0.2) is 22.7 Å². The second-order valence-electron chi connectivity index (χ2n) is 5.63. The summed E-state index contributed by atoms with van der Waals surface area (Å²) in [5.74, 6) is 0. The van der Waals surface area contributed by atoms with Crippen molar-refractivity contribution < 1.29 is 10.0 Å². The zero-order chi connectivity index (χ0) is 15.2. The van der Waals surface area contributed by atoms with E-state index in [9.17, 15) is 10.1 Å². The van der Waals surface area contributed by atoms with E-state index >= 15 is 0 Å². The van der Waals surface area contributed by atoms with Crippen LogP contribution in [0.1, 0.15) is 32.3 Å². The van der Waals surface area contributed by atoms with Gasteiger partial charge in [-0.3, -0.25) is 10.1 Å². The van der Waals surface area contributed by atoms with Gasteiger partial charge in [-0.2, -0.15) is 0 Å². The van der Waals surface area contributed by atoms with Gasteiger partial charge in [0.2, 0.25) is 0 Å². The highest BCUT2D eigenvalue weighted by Crippen LogP contribution is 2.24. The third-order valence-electron chi connectivity index (χ3n) is 3.18. The molecule has 0 saturated carbocycles. The lowest BCUT2D eigenvalue weighted by atomic mass is 9.88. The number of aliphatic hydroxyl groups excluding tert-OH is 1. The monoisotopic (exact) mass is 344 g/mol. The second kappa shape index (κ2) is 7.71. The third-order valence-corrected chi connectivity index (χ3v) is 3.92. The summed E-state index contributed by atoms with van der Waals surface area (Å²) in [7, 11) is 0. The molecule has 0 unspecified atom stereocenters. The van der Waals surface area contributed by atoms with Crippen LogP contribution in [0.2, 0.25) is 0 Å². The predicted octanol–water partition coefficient (Wildman–Crippen LogP) is 3.25. The summed E-state index contributed by atoms with van der Waals surface area (Å²) in [5, 5.41) is 22.9. The smallest absolute Gasteiger partial charge is 0.270 e. The molecule has 0 aliphatic rings. The van der Waals surface area contributed by atoms with Crippen molar-refractivity contribution in [2.45, 2.75) is 33.2 Å². The van der Waals surface area contributed by atoms with E-state index in [-0.39, 0.29) is 17.7 Å². The first-order valence-corrected chi connectivity index (χ1v) is 7.39. The molecular formula is C14H21BrN2O3. The van der Waals surface area contributed by atoms with Gasteiger partial charge in [-0.25, -0.2) is 0 Å². The second-order valence-corrected chi connectivity index (χ2v) is 6.48. The van der Waals surface area contributed by atoms with Gasteiger partial charge in [0.1, 0.15) is 0 Å². The molecule has 0 aliphatic carbocycles. The van der Waals surface area contributed by atoms with Gasteiger partial charge in [-0.1, -0.05) is 29.8 Å². The summed E-state index contributed by atoms with van der Waals surface area (Å²) in [6, 6.07) is 4.79. The number of nitrogens with zero attached hydrogens (tertiary/aromatic N) is 1. The summed E-state index contributed by atoms with van der Waals surface area (Å²) < 4.78 is 0.743. The first-order valence-electron chi connectivity index (χ1n) is 6.60. The number of halogens is 1. The van der Waals surface area contributed by atoms with Gasteiger partial charge in [0, 0.05) is 36.3 Å². The largest absolute Gasteiger partial charge is 0.396 e. The Morgan fingerprint density at radius 3 is 2.70 bits per heavy atom. The highest BCUT2D eigenvalue weighted by Gasteiger charge is 2.17. The topological polar surface area (TPSA) is 75.4 Å². The summed E-state index contributed by atoms with van der Waals surface area (Å²) in [4.78, 5) is 10.3.